The van der Waals surface area contributed by atoms with Gasteiger partial charge in [0.15, 0.2) is 11.9 Å². The first-order chi connectivity index (χ1) is 12.2. The molecule has 1 aliphatic heterocycles. The highest BCUT2D eigenvalue weighted by atomic mass is 16.6. The predicted molar refractivity (Wildman–Crippen MR) is 94.1 cm³/mol. The highest BCUT2D eigenvalue weighted by molar-refractivity contribution is 5.90. The lowest BCUT2D eigenvalue weighted by Gasteiger charge is -2.27. The van der Waals surface area contributed by atoms with Crippen LogP contribution in [0.4, 0.5) is 10.6 Å². The first kappa shape index (κ1) is 17.7. The number of fused-ring (bicyclic) bond motifs is 1. The van der Waals surface area contributed by atoms with Crippen LogP contribution < -0.4 is 5.73 Å². The van der Waals surface area contributed by atoms with Gasteiger partial charge >= 0.3 is 12.1 Å². The summed E-state index contributed by atoms with van der Waals surface area (Å²) in [6, 6.07) is 2.74. The van der Waals surface area contributed by atoms with Crippen LogP contribution >= 0.6 is 0 Å². The predicted octanol–water partition coefficient (Wildman–Crippen LogP) is 1.49. The van der Waals surface area contributed by atoms with E-state index in [4.69, 9.17) is 15.2 Å². The highest BCUT2D eigenvalue weighted by Crippen LogP contribution is 2.29. The van der Waals surface area contributed by atoms with Gasteiger partial charge in [-0.25, -0.2) is 19.1 Å². The fraction of sp³-hybridized carbons (Fsp3) is 0.412. The summed E-state index contributed by atoms with van der Waals surface area (Å²) >= 11 is 0. The summed E-state index contributed by atoms with van der Waals surface area (Å²) < 4.78 is 11.9. The van der Waals surface area contributed by atoms with Gasteiger partial charge in [0.25, 0.3) is 0 Å². The van der Waals surface area contributed by atoms with Crippen molar-refractivity contribution >= 4 is 29.0 Å². The molecule has 1 aliphatic rings. The lowest BCUT2D eigenvalue weighted by molar-refractivity contribution is -0.144. The Kier molecular flexibility index (Phi) is 4.31. The van der Waals surface area contributed by atoms with Gasteiger partial charge in [0, 0.05) is 0 Å². The van der Waals surface area contributed by atoms with E-state index >= 15 is 0 Å². The van der Waals surface area contributed by atoms with Gasteiger partial charge < -0.3 is 15.2 Å². The van der Waals surface area contributed by atoms with Gasteiger partial charge in [-0.2, -0.15) is 5.10 Å². The van der Waals surface area contributed by atoms with Crippen molar-refractivity contribution in [2.75, 3.05) is 19.4 Å². The molecule has 3 rings (SSSR count). The third-order valence-electron chi connectivity index (χ3n) is 3.92. The summed E-state index contributed by atoms with van der Waals surface area (Å²) in [7, 11) is 1.28. The van der Waals surface area contributed by atoms with Crippen LogP contribution in [-0.4, -0.2) is 56.9 Å². The fourth-order valence-corrected chi connectivity index (χ4v) is 2.79. The number of nitrogens with zero attached hydrogens (tertiary/aromatic N) is 4. The smallest absolute Gasteiger partial charge is 0.411 e. The molecule has 26 heavy (non-hydrogen) atoms. The summed E-state index contributed by atoms with van der Waals surface area (Å²) in [6.45, 7) is 5.48. The first-order valence-electron chi connectivity index (χ1n) is 8.08. The van der Waals surface area contributed by atoms with Gasteiger partial charge in [-0.1, -0.05) is 0 Å². The van der Waals surface area contributed by atoms with E-state index in [2.05, 4.69) is 10.1 Å². The van der Waals surface area contributed by atoms with Crippen molar-refractivity contribution in [1.29, 1.82) is 0 Å². The minimum Gasteiger partial charge on any atom is -0.467 e. The lowest BCUT2D eigenvalue weighted by Crippen LogP contribution is -2.44. The lowest BCUT2D eigenvalue weighted by atomic mass is 10.2. The van der Waals surface area contributed by atoms with E-state index < -0.39 is 23.7 Å². The summed E-state index contributed by atoms with van der Waals surface area (Å²) in [5, 5.41) is 4.20. The van der Waals surface area contributed by atoms with Crippen LogP contribution in [0.2, 0.25) is 0 Å². The number of anilines is 1. The third kappa shape index (κ3) is 3.19. The number of esters is 1. The standard InChI is InChI=1S/C17H21N5O4/c1-17(2,3)26-16(24)21-8-10(7-13(21)15(23)25-4)11-5-6-12-14(18)19-9-20-22(11)12/h5-7,9,13H,8H2,1-4H3,(H2,18,19,20)/t13-/m0/s1. The second-order valence-electron chi connectivity index (χ2n) is 6.93. The maximum atomic E-state index is 12.5. The number of ether oxygens (including phenoxy) is 2. The maximum Gasteiger partial charge on any atom is 0.411 e. The Bertz CT molecular complexity index is 896. The minimum absolute atomic E-state index is 0.185. The molecule has 0 saturated carbocycles. The molecule has 1 amide bonds. The highest BCUT2D eigenvalue weighted by Gasteiger charge is 2.38. The number of carbonyl (C=O) groups is 2. The molecule has 0 bridgehead atoms. The molecule has 0 fully saturated rings. The van der Waals surface area contributed by atoms with E-state index in [9.17, 15) is 9.59 Å². The SMILES string of the molecule is COC(=O)[C@@H]1C=C(c2ccc3c(N)ncnn23)CN1C(=O)OC(C)(C)C. The van der Waals surface area contributed by atoms with Crippen molar-refractivity contribution in [3.8, 4) is 0 Å². The molecule has 2 aromatic heterocycles. The number of nitrogens with two attached hydrogens (primary N) is 1. The summed E-state index contributed by atoms with van der Waals surface area (Å²) in [4.78, 5) is 30.0. The third-order valence-corrected chi connectivity index (χ3v) is 3.92. The molecule has 0 aromatic carbocycles. The molecule has 0 aliphatic carbocycles. The zero-order chi connectivity index (χ0) is 19.1. The molecule has 0 spiro atoms. The van der Waals surface area contributed by atoms with Crippen LogP contribution in [0.15, 0.2) is 24.5 Å². The maximum absolute atomic E-state index is 12.5. The van der Waals surface area contributed by atoms with Gasteiger partial charge in [-0.15, -0.1) is 0 Å². The minimum atomic E-state index is -0.866. The molecule has 3 heterocycles. The molecular weight excluding hydrogens is 338 g/mol. The Morgan fingerprint density at radius 2 is 2.04 bits per heavy atom. The largest absolute Gasteiger partial charge is 0.467 e. The number of hydrogen-bond donors (Lipinski definition) is 1. The summed E-state index contributed by atoms with van der Waals surface area (Å²) in [5.74, 6) is -0.195. The molecule has 1 atom stereocenters. The first-order valence-corrected chi connectivity index (χ1v) is 8.08. The Balaban J connectivity index is 1.97. The van der Waals surface area contributed by atoms with Crippen molar-refractivity contribution < 1.29 is 19.1 Å². The van der Waals surface area contributed by atoms with E-state index in [0.717, 1.165) is 5.57 Å². The molecule has 2 aromatic rings. The molecular formula is C17H21N5O4. The van der Waals surface area contributed by atoms with Crippen LogP contribution in [0, 0.1) is 0 Å². The molecule has 2 N–H and O–H groups in total. The van der Waals surface area contributed by atoms with Crippen molar-refractivity contribution in [2.24, 2.45) is 0 Å². The van der Waals surface area contributed by atoms with E-state index in [0.29, 0.717) is 17.0 Å². The number of rotatable bonds is 2. The summed E-state index contributed by atoms with van der Waals surface area (Å²) in [5.41, 5.74) is 7.29. The average molecular weight is 359 g/mol. The van der Waals surface area contributed by atoms with Crippen LogP contribution in [0.5, 0.6) is 0 Å². The Morgan fingerprint density at radius 3 is 2.69 bits per heavy atom. The van der Waals surface area contributed by atoms with Crippen LogP contribution in [0.3, 0.4) is 0 Å². The summed E-state index contributed by atoms with van der Waals surface area (Å²) in [6.07, 6.45) is 2.44. The van der Waals surface area contributed by atoms with Gasteiger partial charge in [-0.05, 0) is 44.6 Å². The molecule has 0 radical (unpaired) electrons. The van der Waals surface area contributed by atoms with E-state index in [-0.39, 0.29) is 6.54 Å². The van der Waals surface area contributed by atoms with Gasteiger partial charge in [0.05, 0.1) is 19.3 Å². The molecule has 138 valence electrons. The molecule has 9 nitrogen and oxygen atoms in total. The quantitative estimate of drug-likeness (QED) is 0.808. The Hall–Kier alpha value is -3.10. The molecule has 0 unspecified atom stereocenters. The van der Waals surface area contributed by atoms with Crippen LogP contribution in [-0.2, 0) is 14.3 Å². The Morgan fingerprint density at radius 1 is 1.31 bits per heavy atom. The fourth-order valence-electron chi connectivity index (χ4n) is 2.79. The van der Waals surface area contributed by atoms with Crippen LogP contribution in [0.25, 0.3) is 11.1 Å². The van der Waals surface area contributed by atoms with Gasteiger partial charge in [-0.3, -0.25) is 4.90 Å². The van der Waals surface area contributed by atoms with Crippen LogP contribution in [0.1, 0.15) is 26.5 Å². The van der Waals surface area contributed by atoms with E-state index in [1.165, 1.54) is 18.3 Å². The van der Waals surface area contributed by atoms with Gasteiger partial charge in [0.2, 0.25) is 0 Å². The normalized spacial score (nSPS) is 17.3. The number of carbonyl (C=O) groups excluding carboxylic acids is 2. The van der Waals surface area contributed by atoms with Crippen molar-refractivity contribution in [2.45, 2.75) is 32.4 Å². The zero-order valence-electron chi connectivity index (χ0n) is 15.1. The topological polar surface area (TPSA) is 112 Å². The zero-order valence-corrected chi connectivity index (χ0v) is 15.1. The second kappa shape index (κ2) is 6.32. The average Bonchev–Trinajstić information content (AvgIpc) is 3.17. The molecule has 0 saturated heterocycles. The van der Waals surface area contributed by atoms with Crippen molar-refractivity contribution in [3.63, 3.8) is 0 Å². The number of nitrogen functional groups attached to an aromatic ring is 1. The van der Waals surface area contributed by atoms with Crippen molar-refractivity contribution in [1.82, 2.24) is 19.5 Å². The number of hydrogen-bond acceptors (Lipinski definition) is 7. The van der Waals surface area contributed by atoms with E-state index in [1.54, 1.807) is 37.4 Å². The number of amides is 1. The molecule has 9 heteroatoms. The Labute approximate surface area is 150 Å². The number of aromatic nitrogens is 3. The van der Waals surface area contributed by atoms with Crippen molar-refractivity contribution in [3.05, 3.63) is 30.2 Å². The number of methoxy groups -OCH3 is 1. The monoisotopic (exact) mass is 359 g/mol. The van der Waals surface area contributed by atoms with Gasteiger partial charge in [0.1, 0.15) is 17.4 Å². The van der Waals surface area contributed by atoms with E-state index in [1.807, 2.05) is 6.07 Å². The second-order valence-corrected chi connectivity index (χ2v) is 6.93.